The van der Waals surface area contributed by atoms with Crippen LogP contribution < -0.4 is 4.74 Å². The number of rotatable bonds is 8. The van der Waals surface area contributed by atoms with Crippen molar-refractivity contribution < 1.29 is 24.4 Å². The number of hydrogen-bond donors (Lipinski definition) is 1. The summed E-state index contributed by atoms with van der Waals surface area (Å²) in [6.07, 6.45) is 3.16. The number of nitrogens with zero attached hydrogens (tertiary/aromatic N) is 3. The number of carbonyl (C=O) groups is 2. The second kappa shape index (κ2) is 11.2. The molecule has 1 saturated heterocycles. The van der Waals surface area contributed by atoms with E-state index in [0.29, 0.717) is 29.0 Å². The number of hydrogen-bond acceptors (Lipinski definition) is 7. The van der Waals surface area contributed by atoms with Gasteiger partial charge < -0.3 is 14.7 Å². The number of nitro benzene ring substituents is 1. The summed E-state index contributed by atoms with van der Waals surface area (Å²) in [5.74, 6) is -1.52. The molecule has 0 spiro atoms. The average Bonchev–Trinajstić information content (AvgIpc) is 3.21. The Morgan fingerprint density at radius 1 is 1.00 bits per heavy atom. The number of likely N-dealkylation sites (tertiary alicyclic amines) is 1. The fourth-order valence-corrected chi connectivity index (χ4v) is 4.72. The maximum Gasteiger partial charge on any atom is 0.295 e. The highest BCUT2D eigenvalue weighted by Gasteiger charge is 2.46. The smallest absolute Gasteiger partial charge is 0.295 e. The van der Waals surface area contributed by atoms with Gasteiger partial charge in [0.2, 0.25) is 0 Å². The van der Waals surface area contributed by atoms with E-state index >= 15 is 0 Å². The van der Waals surface area contributed by atoms with Gasteiger partial charge in [0, 0.05) is 36.6 Å². The summed E-state index contributed by atoms with van der Waals surface area (Å²) in [5.41, 5.74) is 3.09. The highest BCUT2D eigenvalue weighted by atomic mass is 16.6. The van der Waals surface area contributed by atoms with Crippen LogP contribution in [-0.4, -0.2) is 31.6 Å². The fraction of sp³-hybridized carbons (Fsp3) is 0.129. The Bertz CT molecular complexity index is 1620. The van der Waals surface area contributed by atoms with Crippen LogP contribution in [0.4, 0.5) is 5.69 Å². The molecule has 3 aromatic carbocycles. The zero-order chi connectivity index (χ0) is 28.2. The Labute approximate surface area is 230 Å². The van der Waals surface area contributed by atoms with Crippen LogP contribution in [0, 0.1) is 17.0 Å². The summed E-state index contributed by atoms with van der Waals surface area (Å²) in [7, 11) is 0. The summed E-state index contributed by atoms with van der Waals surface area (Å²) >= 11 is 0. The molecule has 9 nitrogen and oxygen atoms in total. The van der Waals surface area contributed by atoms with E-state index in [1.807, 2.05) is 31.2 Å². The number of ether oxygens (including phenoxy) is 1. The number of benzene rings is 3. The van der Waals surface area contributed by atoms with Crippen molar-refractivity contribution in [3.05, 3.63) is 141 Å². The Morgan fingerprint density at radius 2 is 1.75 bits per heavy atom. The summed E-state index contributed by atoms with van der Waals surface area (Å²) in [4.78, 5) is 42.8. The number of amides is 1. The molecule has 5 rings (SSSR count). The molecule has 1 N–H and O–H groups in total. The molecule has 1 amide bonds. The van der Waals surface area contributed by atoms with Crippen molar-refractivity contribution in [2.24, 2.45) is 0 Å². The molecule has 1 fully saturated rings. The predicted molar refractivity (Wildman–Crippen MR) is 147 cm³/mol. The Morgan fingerprint density at radius 3 is 2.45 bits per heavy atom. The van der Waals surface area contributed by atoms with Crippen LogP contribution in [0.3, 0.4) is 0 Å². The Kier molecular flexibility index (Phi) is 7.37. The molecule has 1 atom stereocenters. The lowest BCUT2D eigenvalue weighted by molar-refractivity contribution is -0.384. The third-order valence-corrected chi connectivity index (χ3v) is 6.63. The van der Waals surface area contributed by atoms with Crippen molar-refractivity contribution in [1.82, 2.24) is 9.88 Å². The van der Waals surface area contributed by atoms with E-state index in [1.54, 1.807) is 54.9 Å². The number of ketones is 1. The SMILES string of the molecule is Cc1cccc(COc2ccc(C(O)=C3C(=O)C(=O)N(Cc4cccnc4)C3c3cccc([N+](=O)[O-])c3)cc2)c1. The zero-order valence-corrected chi connectivity index (χ0v) is 21.6. The first kappa shape index (κ1) is 26.3. The summed E-state index contributed by atoms with van der Waals surface area (Å²) < 4.78 is 5.86. The van der Waals surface area contributed by atoms with Crippen LogP contribution in [0.2, 0.25) is 0 Å². The number of non-ortho nitro benzene ring substituents is 1. The minimum Gasteiger partial charge on any atom is -0.507 e. The van der Waals surface area contributed by atoms with Crippen molar-refractivity contribution in [2.45, 2.75) is 26.1 Å². The molecule has 1 aromatic heterocycles. The van der Waals surface area contributed by atoms with Gasteiger partial charge in [0.1, 0.15) is 18.1 Å². The third-order valence-electron chi connectivity index (χ3n) is 6.63. The van der Waals surface area contributed by atoms with E-state index < -0.39 is 22.7 Å². The molecule has 40 heavy (non-hydrogen) atoms. The lowest BCUT2D eigenvalue weighted by atomic mass is 9.95. The lowest BCUT2D eigenvalue weighted by Crippen LogP contribution is -2.29. The Hall–Kier alpha value is -5.31. The number of Topliss-reactive ketones (excluding diaryl/α,β-unsaturated/α-hetero) is 1. The first-order valence-corrected chi connectivity index (χ1v) is 12.5. The minimum absolute atomic E-state index is 0.0221. The minimum atomic E-state index is -1.04. The molecule has 0 bridgehead atoms. The summed E-state index contributed by atoms with van der Waals surface area (Å²) in [5, 5.41) is 22.8. The van der Waals surface area contributed by atoms with E-state index in [1.165, 1.54) is 23.1 Å². The maximum atomic E-state index is 13.3. The van der Waals surface area contributed by atoms with Gasteiger partial charge in [0.25, 0.3) is 17.4 Å². The van der Waals surface area contributed by atoms with Crippen molar-refractivity contribution >= 4 is 23.1 Å². The molecule has 1 aliphatic heterocycles. The number of pyridine rings is 1. The van der Waals surface area contributed by atoms with Gasteiger partial charge in [0.15, 0.2) is 0 Å². The quantitative estimate of drug-likeness (QED) is 0.104. The molecule has 200 valence electrons. The summed E-state index contributed by atoms with van der Waals surface area (Å²) in [6.45, 7) is 2.38. The number of aliphatic hydroxyl groups excluding tert-OH is 1. The van der Waals surface area contributed by atoms with Gasteiger partial charge in [-0.05, 0) is 53.9 Å². The van der Waals surface area contributed by atoms with Crippen LogP contribution in [0.1, 0.15) is 33.9 Å². The van der Waals surface area contributed by atoms with Crippen molar-refractivity contribution in [3.8, 4) is 5.75 Å². The van der Waals surface area contributed by atoms with E-state index in [9.17, 15) is 24.8 Å². The first-order valence-electron chi connectivity index (χ1n) is 12.5. The van der Waals surface area contributed by atoms with E-state index in [2.05, 4.69) is 4.98 Å². The highest BCUT2D eigenvalue weighted by molar-refractivity contribution is 6.46. The van der Waals surface area contributed by atoms with Gasteiger partial charge in [-0.15, -0.1) is 0 Å². The van der Waals surface area contributed by atoms with Gasteiger partial charge in [-0.25, -0.2) is 0 Å². The van der Waals surface area contributed by atoms with Crippen LogP contribution in [-0.2, 0) is 22.7 Å². The predicted octanol–water partition coefficient (Wildman–Crippen LogP) is 5.50. The number of aromatic nitrogens is 1. The standard InChI is InChI=1S/C31H25N3O6/c1-20-5-2-6-21(15-20)19-40-26-12-10-23(11-13-26)29(35)27-28(24-8-3-9-25(16-24)34(38)39)33(31(37)30(27)36)18-22-7-4-14-32-17-22/h2-17,28,35H,18-19H2,1H3. The first-order chi connectivity index (χ1) is 19.3. The number of nitro groups is 1. The molecular formula is C31H25N3O6. The van der Waals surface area contributed by atoms with Gasteiger partial charge in [-0.3, -0.25) is 24.7 Å². The molecule has 4 aromatic rings. The number of aryl methyl sites for hydroxylation is 1. The molecule has 0 radical (unpaired) electrons. The highest BCUT2D eigenvalue weighted by Crippen LogP contribution is 2.41. The number of aliphatic hydroxyl groups is 1. The van der Waals surface area contributed by atoms with Gasteiger partial charge in [-0.2, -0.15) is 0 Å². The Balaban J connectivity index is 1.50. The number of carbonyl (C=O) groups excluding carboxylic acids is 2. The van der Waals surface area contributed by atoms with Gasteiger partial charge >= 0.3 is 0 Å². The largest absolute Gasteiger partial charge is 0.507 e. The second-order valence-electron chi connectivity index (χ2n) is 9.44. The molecule has 1 unspecified atom stereocenters. The van der Waals surface area contributed by atoms with Crippen LogP contribution in [0.25, 0.3) is 5.76 Å². The van der Waals surface area contributed by atoms with Crippen LogP contribution >= 0.6 is 0 Å². The normalized spacial score (nSPS) is 16.2. The van der Waals surface area contributed by atoms with E-state index in [-0.39, 0.29) is 23.6 Å². The van der Waals surface area contributed by atoms with Crippen LogP contribution in [0.5, 0.6) is 5.75 Å². The third kappa shape index (κ3) is 5.44. The lowest BCUT2D eigenvalue weighted by Gasteiger charge is -2.25. The summed E-state index contributed by atoms with van der Waals surface area (Å²) in [6, 6.07) is 22.6. The monoisotopic (exact) mass is 535 g/mol. The van der Waals surface area contributed by atoms with E-state index in [4.69, 9.17) is 4.74 Å². The second-order valence-corrected chi connectivity index (χ2v) is 9.44. The molecule has 1 aliphatic rings. The van der Waals surface area contributed by atoms with Gasteiger partial charge in [-0.1, -0.05) is 48.0 Å². The van der Waals surface area contributed by atoms with Crippen molar-refractivity contribution in [3.63, 3.8) is 0 Å². The van der Waals surface area contributed by atoms with Gasteiger partial charge in [0.05, 0.1) is 16.5 Å². The average molecular weight is 536 g/mol. The topological polar surface area (TPSA) is 123 Å². The maximum absolute atomic E-state index is 13.3. The van der Waals surface area contributed by atoms with Crippen molar-refractivity contribution in [2.75, 3.05) is 0 Å². The molecule has 0 saturated carbocycles. The zero-order valence-electron chi connectivity index (χ0n) is 21.6. The molecular weight excluding hydrogens is 510 g/mol. The fourth-order valence-electron chi connectivity index (χ4n) is 4.72. The molecule has 2 heterocycles. The van der Waals surface area contributed by atoms with Crippen LogP contribution in [0.15, 0.2) is 103 Å². The molecule has 9 heteroatoms. The van der Waals surface area contributed by atoms with Crippen molar-refractivity contribution in [1.29, 1.82) is 0 Å². The molecule has 0 aliphatic carbocycles. The van der Waals surface area contributed by atoms with E-state index in [0.717, 1.165) is 11.1 Å².